The molecule has 0 radical (unpaired) electrons. The zero-order valence-corrected chi connectivity index (χ0v) is 14.4. The quantitative estimate of drug-likeness (QED) is 0.731. The molecule has 0 spiro atoms. The molecule has 128 valence electrons. The molecule has 2 heterocycles. The van der Waals surface area contributed by atoms with Crippen molar-refractivity contribution in [2.24, 2.45) is 11.8 Å². The molecule has 1 saturated heterocycles. The van der Waals surface area contributed by atoms with Gasteiger partial charge in [-0.25, -0.2) is 0 Å². The first-order chi connectivity index (χ1) is 11.2. The Balaban J connectivity index is 1.49. The first kappa shape index (κ1) is 16.5. The summed E-state index contributed by atoms with van der Waals surface area (Å²) in [6, 6.07) is 0.303. The summed E-state index contributed by atoms with van der Waals surface area (Å²) in [6.07, 6.45) is 12.8. The fraction of sp³-hybridized carbons (Fsp3) is 0.789. The SMILES string of the molecule is CCCCC1C=CCN1C(=O)C1CCN(C(=O)C2CCC2)CC1. The standard InChI is InChI=1S/C19H30N2O2/c1-2-3-8-17-9-5-12-21(17)19(23)16-10-13-20(14-11-16)18(22)15-6-4-7-15/h5,9,15-17H,2-4,6-8,10-14H2,1H3. The van der Waals surface area contributed by atoms with E-state index in [9.17, 15) is 9.59 Å². The molecule has 1 atom stereocenters. The van der Waals surface area contributed by atoms with Gasteiger partial charge in [0.25, 0.3) is 0 Å². The molecule has 3 aliphatic rings. The highest BCUT2D eigenvalue weighted by Crippen LogP contribution is 2.31. The number of carbonyl (C=O) groups excluding carboxylic acids is 2. The fourth-order valence-electron chi connectivity index (χ4n) is 3.98. The molecule has 2 fully saturated rings. The zero-order chi connectivity index (χ0) is 16.2. The Labute approximate surface area is 139 Å². The van der Waals surface area contributed by atoms with Crippen molar-refractivity contribution >= 4 is 11.8 Å². The minimum atomic E-state index is 0.115. The van der Waals surface area contributed by atoms with Crippen LogP contribution in [0.1, 0.15) is 58.3 Å². The topological polar surface area (TPSA) is 40.6 Å². The van der Waals surface area contributed by atoms with Gasteiger partial charge in [0, 0.05) is 31.5 Å². The lowest BCUT2D eigenvalue weighted by molar-refractivity contribution is -0.144. The van der Waals surface area contributed by atoms with Gasteiger partial charge in [-0.1, -0.05) is 38.3 Å². The number of hydrogen-bond acceptors (Lipinski definition) is 2. The van der Waals surface area contributed by atoms with Gasteiger partial charge in [0.15, 0.2) is 0 Å². The van der Waals surface area contributed by atoms with Crippen molar-refractivity contribution in [1.29, 1.82) is 0 Å². The van der Waals surface area contributed by atoms with Crippen LogP contribution in [0, 0.1) is 11.8 Å². The van der Waals surface area contributed by atoms with Crippen LogP contribution in [-0.2, 0) is 9.59 Å². The highest BCUT2D eigenvalue weighted by Gasteiger charge is 2.35. The van der Waals surface area contributed by atoms with Crippen LogP contribution >= 0.6 is 0 Å². The van der Waals surface area contributed by atoms with Gasteiger partial charge in [0.1, 0.15) is 0 Å². The van der Waals surface area contributed by atoms with Crippen molar-refractivity contribution in [1.82, 2.24) is 9.80 Å². The van der Waals surface area contributed by atoms with E-state index in [0.29, 0.717) is 17.9 Å². The molecule has 1 aliphatic carbocycles. The lowest BCUT2D eigenvalue weighted by atomic mass is 9.83. The maximum absolute atomic E-state index is 12.8. The minimum absolute atomic E-state index is 0.115. The largest absolute Gasteiger partial charge is 0.342 e. The second-order valence-electron chi connectivity index (χ2n) is 7.36. The Bertz CT molecular complexity index is 462. The maximum Gasteiger partial charge on any atom is 0.226 e. The summed E-state index contributed by atoms with van der Waals surface area (Å²) in [5.74, 6) is 1.05. The monoisotopic (exact) mass is 318 g/mol. The summed E-state index contributed by atoms with van der Waals surface area (Å²) in [4.78, 5) is 29.2. The van der Waals surface area contributed by atoms with Crippen molar-refractivity contribution in [3.63, 3.8) is 0 Å². The van der Waals surface area contributed by atoms with Crippen LogP contribution in [0.4, 0.5) is 0 Å². The van der Waals surface area contributed by atoms with Crippen molar-refractivity contribution in [3.8, 4) is 0 Å². The molecule has 23 heavy (non-hydrogen) atoms. The van der Waals surface area contributed by atoms with Gasteiger partial charge >= 0.3 is 0 Å². The predicted molar refractivity (Wildman–Crippen MR) is 90.8 cm³/mol. The number of amides is 2. The third-order valence-corrected chi connectivity index (χ3v) is 5.81. The number of likely N-dealkylation sites (tertiary alicyclic amines) is 1. The molecule has 4 heteroatoms. The highest BCUT2D eigenvalue weighted by atomic mass is 16.2. The second-order valence-corrected chi connectivity index (χ2v) is 7.36. The van der Waals surface area contributed by atoms with Crippen molar-refractivity contribution in [3.05, 3.63) is 12.2 Å². The summed E-state index contributed by atoms with van der Waals surface area (Å²) in [7, 11) is 0. The van der Waals surface area contributed by atoms with Gasteiger partial charge in [-0.2, -0.15) is 0 Å². The minimum Gasteiger partial charge on any atom is -0.342 e. The van der Waals surface area contributed by atoms with E-state index >= 15 is 0 Å². The van der Waals surface area contributed by atoms with Crippen molar-refractivity contribution < 1.29 is 9.59 Å². The summed E-state index contributed by atoms with van der Waals surface area (Å²) >= 11 is 0. The molecular weight excluding hydrogens is 288 g/mol. The van der Waals surface area contributed by atoms with Gasteiger partial charge in [-0.15, -0.1) is 0 Å². The van der Waals surface area contributed by atoms with E-state index in [1.54, 1.807) is 0 Å². The van der Waals surface area contributed by atoms with Gasteiger partial charge in [0.2, 0.25) is 11.8 Å². The number of nitrogens with zero attached hydrogens (tertiary/aromatic N) is 2. The molecule has 1 saturated carbocycles. The molecular formula is C19H30N2O2. The number of carbonyl (C=O) groups is 2. The maximum atomic E-state index is 12.8. The summed E-state index contributed by atoms with van der Waals surface area (Å²) < 4.78 is 0. The first-order valence-electron chi connectivity index (χ1n) is 9.46. The Hall–Kier alpha value is -1.32. The summed E-state index contributed by atoms with van der Waals surface area (Å²) in [5, 5.41) is 0. The Morgan fingerprint density at radius 2 is 1.74 bits per heavy atom. The normalized spacial score (nSPS) is 25.7. The molecule has 0 aromatic rings. The third kappa shape index (κ3) is 3.61. The van der Waals surface area contributed by atoms with Crippen LogP contribution in [0.25, 0.3) is 0 Å². The fourth-order valence-corrected chi connectivity index (χ4v) is 3.98. The van der Waals surface area contributed by atoms with E-state index in [1.807, 2.05) is 4.90 Å². The van der Waals surface area contributed by atoms with Crippen molar-refractivity contribution in [2.75, 3.05) is 19.6 Å². The lowest BCUT2D eigenvalue weighted by Gasteiger charge is -2.37. The zero-order valence-electron chi connectivity index (χ0n) is 14.4. The molecule has 2 amide bonds. The van der Waals surface area contributed by atoms with Gasteiger partial charge in [-0.05, 0) is 32.1 Å². The lowest BCUT2D eigenvalue weighted by Crippen LogP contribution is -2.47. The van der Waals surface area contributed by atoms with Gasteiger partial charge in [0.05, 0.1) is 6.04 Å². The Kier molecular flexibility index (Phi) is 5.39. The number of hydrogen-bond donors (Lipinski definition) is 0. The number of unbranched alkanes of at least 4 members (excludes halogenated alkanes) is 1. The van der Waals surface area contributed by atoms with E-state index in [4.69, 9.17) is 0 Å². The van der Waals surface area contributed by atoms with Crippen LogP contribution in [0.3, 0.4) is 0 Å². The van der Waals surface area contributed by atoms with Crippen LogP contribution in [0.5, 0.6) is 0 Å². The summed E-state index contributed by atoms with van der Waals surface area (Å²) in [5.41, 5.74) is 0. The second kappa shape index (κ2) is 7.50. The van der Waals surface area contributed by atoms with E-state index in [1.165, 1.54) is 19.3 Å². The predicted octanol–water partition coefficient (Wildman–Crippen LogP) is 2.98. The first-order valence-corrected chi connectivity index (χ1v) is 9.46. The molecule has 0 aromatic heterocycles. The van der Waals surface area contributed by atoms with E-state index in [-0.39, 0.29) is 11.8 Å². The smallest absolute Gasteiger partial charge is 0.226 e. The molecule has 4 nitrogen and oxygen atoms in total. The van der Waals surface area contributed by atoms with Crippen LogP contribution in [-0.4, -0.2) is 47.3 Å². The Morgan fingerprint density at radius 3 is 2.35 bits per heavy atom. The van der Waals surface area contributed by atoms with E-state index in [0.717, 1.165) is 51.7 Å². The average molecular weight is 318 g/mol. The molecule has 0 bridgehead atoms. The third-order valence-electron chi connectivity index (χ3n) is 5.81. The van der Waals surface area contributed by atoms with Gasteiger partial charge < -0.3 is 9.80 Å². The van der Waals surface area contributed by atoms with E-state index in [2.05, 4.69) is 24.0 Å². The molecule has 2 aliphatic heterocycles. The van der Waals surface area contributed by atoms with Crippen LogP contribution in [0.15, 0.2) is 12.2 Å². The molecule has 1 unspecified atom stereocenters. The molecule has 0 N–H and O–H groups in total. The van der Waals surface area contributed by atoms with Crippen molar-refractivity contribution in [2.45, 2.75) is 64.3 Å². The summed E-state index contributed by atoms with van der Waals surface area (Å²) in [6.45, 7) is 4.51. The highest BCUT2D eigenvalue weighted by molar-refractivity contribution is 5.82. The average Bonchev–Trinajstić information content (AvgIpc) is 2.99. The number of rotatable bonds is 5. The van der Waals surface area contributed by atoms with E-state index < -0.39 is 0 Å². The Morgan fingerprint density at radius 1 is 1.04 bits per heavy atom. The molecule has 0 aromatic carbocycles. The van der Waals surface area contributed by atoms with Crippen LogP contribution in [0.2, 0.25) is 0 Å². The number of piperidine rings is 1. The van der Waals surface area contributed by atoms with Gasteiger partial charge in [-0.3, -0.25) is 9.59 Å². The molecule has 3 rings (SSSR count). The van der Waals surface area contributed by atoms with Crippen LogP contribution < -0.4 is 0 Å².